The highest BCUT2D eigenvalue weighted by molar-refractivity contribution is 5.66. The molecule has 3 heteroatoms. The Morgan fingerprint density at radius 1 is 1.08 bits per heavy atom. The van der Waals surface area contributed by atoms with E-state index in [1.807, 2.05) is 6.20 Å². The molecular formula is C23H31N3. The molecule has 3 heterocycles. The minimum absolute atomic E-state index is 0.224. The van der Waals surface area contributed by atoms with E-state index in [4.69, 9.17) is 0 Å². The summed E-state index contributed by atoms with van der Waals surface area (Å²) in [6.07, 6.45) is 13.4. The highest BCUT2D eigenvalue weighted by Gasteiger charge is 2.53. The topological polar surface area (TPSA) is 21.1 Å². The molecule has 0 N–H and O–H groups in total. The van der Waals surface area contributed by atoms with Gasteiger partial charge in [-0.3, -0.25) is 0 Å². The summed E-state index contributed by atoms with van der Waals surface area (Å²) < 4.78 is 2.26. The Morgan fingerprint density at radius 2 is 1.85 bits per heavy atom. The van der Waals surface area contributed by atoms with E-state index in [-0.39, 0.29) is 5.54 Å². The normalized spacial score (nSPS) is 25.5. The standard InChI is InChI=1S/C23H31N3/c1-16-12-20-18(14-21-24-10-11-25(20)21)13-19(16)26-17(2)23(15-22(26,3)4)8-6-5-7-9-23/h10-13,17H,5-9,14-15H2,1-4H3. The third-order valence-corrected chi connectivity index (χ3v) is 7.54. The van der Waals surface area contributed by atoms with Crippen molar-refractivity contribution in [3.05, 3.63) is 41.5 Å². The van der Waals surface area contributed by atoms with Crippen molar-refractivity contribution in [2.24, 2.45) is 5.41 Å². The van der Waals surface area contributed by atoms with Gasteiger partial charge in [0.2, 0.25) is 0 Å². The third-order valence-electron chi connectivity index (χ3n) is 7.54. The van der Waals surface area contributed by atoms with Crippen molar-refractivity contribution < 1.29 is 0 Å². The summed E-state index contributed by atoms with van der Waals surface area (Å²) in [5, 5.41) is 0. The first-order chi connectivity index (χ1) is 12.4. The van der Waals surface area contributed by atoms with E-state index in [2.05, 4.69) is 60.5 Å². The second kappa shape index (κ2) is 5.37. The number of anilines is 1. The van der Waals surface area contributed by atoms with Crippen LogP contribution in [0, 0.1) is 12.3 Å². The second-order valence-electron chi connectivity index (χ2n) is 9.62. The molecule has 3 aliphatic rings. The van der Waals surface area contributed by atoms with Gasteiger partial charge in [0, 0.05) is 36.1 Å². The highest BCUT2D eigenvalue weighted by Crippen LogP contribution is 2.56. The molecule has 1 aliphatic carbocycles. The van der Waals surface area contributed by atoms with E-state index in [9.17, 15) is 0 Å². The third kappa shape index (κ3) is 2.15. The molecule has 2 aromatic rings. The average Bonchev–Trinajstić information content (AvgIpc) is 3.21. The summed E-state index contributed by atoms with van der Waals surface area (Å²) >= 11 is 0. The number of aryl methyl sites for hydroxylation is 1. The SMILES string of the molecule is Cc1cc2c(cc1N1C(C)C3(CCCCC3)CC1(C)C)Cc1nccn1-2. The van der Waals surface area contributed by atoms with E-state index in [0.29, 0.717) is 11.5 Å². The molecule has 26 heavy (non-hydrogen) atoms. The van der Waals surface area contributed by atoms with E-state index in [1.165, 1.54) is 66.9 Å². The Kier molecular flexibility index (Phi) is 3.39. The summed E-state index contributed by atoms with van der Waals surface area (Å²) in [5.41, 5.74) is 6.35. The fourth-order valence-corrected chi connectivity index (χ4v) is 6.48. The van der Waals surface area contributed by atoms with Crippen LogP contribution in [0.2, 0.25) is 0 Å². The van der Waals surface area contributed by atoms with Crippen LogP contribution in [0.3, 0.4) is 0 Å². The van der Waals surface area contributed by atoms with E-state index >= 15 is 0 Å². The zero-order chi connectivity index (χ0) is 18.1. The maximum atomic E-state index is 4.53. The summed E-state index contributed by atoms with van der Waals surface area (Å²) in [7, 11) is 0. The van der Waals surface area contributed by atoms with Gasteiger partial charge in [0.15, 0.2) is 0 Å². The van der Waals surface area contributed by atoms with Gasteiger partial charge in [0.05, 0.1) is 5.69 Å². The quantitative estimate of drug-likeness (QED) is 0.585. The molecule has 1 unspecified atom stereocenters. The number of rotatable bonds is 1. The maximum Gasteiger partial charge on any atom is 0.117 e. The van der Waals surface area contributed by atoms with Gasteiger partial charge < -0.3 is 9.47 Å². The number of nitrogens with zero attached hydrogens (tertiary/aromatic N) is 3. The van der Waals surface area contributed by atoms with Gasteiger partial charge in [0.25, 0.3) is 0 Å². The molecule has 2 fully saturated rings. The summed E-state index contributed by atoms with van der Waals surface area (Å²) in [5.74, 6) is 1.18. The van der Waals surface area contributed by atoms with Crippen molar-refractivity contribution >= 4 is 5.69 Å². The monoisotopic (exact) mass is 349 g/mol. The van der Waals surface area contributed by atoms with Crippen LogP contribution in [0.25, 0.3) is 5.69 Å². The molecule has 1 saturated heterocycles. The molecule has 138 valence electrons. The van der Waals surface area contributed by atoms with Crippen molar-refractivity contribution in [2.45, 2.75) is 84.2 Å². The van der Waals surface area contributed by atoms with Gasteiger partial charge in [0.1, 0.15) is 5.82 Å². The first-order valence-corrected chi connectivity index (χ1v) is 10.4. The first kappa shape index (κ1) is 16.4. The van der Waals surface area contributed by atoms with Crippen molar-refractivity contribution in [1.82, 2.24) is 9.55 Å². The summed E-state index contributed by atoms with van der Waals surface area (Å²) in [4.78, 5) is 7.30. The molecule has 1 aromatic carbocycles. The van der Waals surface area contributed by atoms with Crippen LogP contribution in [0.15, 0.2) is 24.5 Å². The Morgan fingerprint density at radius 3 is 2.62 bits per heavy atom. The van der Waals surface area contributed by atoms with Crippen LogP contribution in [0.1, 0.15) is 76.2 Å². The molecule has 1 spiro atoms. The lowest BCUT2D eigenvalue weighted by Crippen LogP contribution is -2.44. The Hall–Kier alpha value is -1.77. The zero-order valence-electron chi connectivity index (χ0n) is 16.7. The van der Waals surface area contributed by atoms with Gasteiger partial charge in [-0.15, -0.1) is 0 Å². The lowest BCUT2D eigenvalue weighted by Gasteiger charge is -2.41. The first-order valence-electron chi connectivity index (χ1n) is 10.4. The fourth-order valence-electron chi connectivity index (χ4n) is 6.48. The number of hydrogen-bond donors (Lipinski definition) is 0. The fraction of sp³-hybridized carbons (Fsp3) is 0.609. The number of imidazole rings is 1. The number of aromatic nitrogens is 2. The Balaban J connectivity index is 1.58. The van der Waals surface area contributed by atoms with Crippen molar-refractivity contribution in [3.63, 3.8) is 0 Å². The Bertz CT molecular complexity index is 854. The number of hydrogen-bond acceptors (Lipinski definition) is 2. The van der Waals surface area contributed by atoms with Crippen LogP contribution < -0.4 is 4.90 Å². The molecule has 0 radical (unpaired) electrons. The molecular weight excluding hydrogens is 318 g/mol. The van der Waals surface area contributed by atoms with Gasteiger partial charge in [-0.25, -0.2) is 4.98 Å². The van der Waals surface area contributed by atoms with E-state index in [0.717, 1.165) is 6.42 Å². The van der Waals surface area contributed by atoms with Crippen LogP contribution in [-0.2, 0) is 6.42 Å². The second-order valence-corrected chi connectivity index (χ2v) is 9.62. The predicted octanol–water partition coefficient (Wildman–Crippen LogP) is 5.41. The molecule has 1 atom stereocenters. The smallest absolute Gasteiger partial charge is 0.117 e. The maximum absolute atomic E-state index is 4.53. The van der Waals surface area contributed by atoms with Crippen molar-refractivity contribution in [3.8, 4) is 5.69 Å². The highest BCUT2D eigenvalue weighted by atomic mass is 15.3. The number of benzene rings is 1. The molecule has 1 aromatic heterocycles. The van der Waals surface area contributed by atoms with Gasteiger partial charge >= 0.3 is 0 Å². The summed E-state index contributed by atoms with van der Waals surface area (Å²) in [6.45, 7) is 9.71. The van der Waals surface area contributed by atoms with E-state index < -0.39 is 0 Å². The largest absolute Gasteiger partial charge is 0.363 e. The molecule has 5 rings (SSSR count). The van der Waals surface area contributed by atoms with Crippen LogP contribution in [0.5, 0.6) is 0 Å². The van der Waals surface area contributed by atoms with Crippen molar-refractivity contribution in [1.29, 1.82) is 0 Å². The molecule has 1 saturated carbocycles. The van der Waals surface area contributed by atoms with E-state index in [1.54, 1.807) is 0 Å². The predicted molar refractivity (Wildman–Crippen MR) is 107 cm³/mol. The molecule has 0 bridgehead atoms. The average molecular weight is 350 g/mol. The lowest BCUT2D eigenvalue weighted by atomic mass is 9.68. The minimum Gasteiger partial charge on any atom is -0.363 e. The van der Waals surface area contributed by atoms with Crippen LogP contribution in [0.4, 0.5) is 5.69 Å². The van der Waals surface area contributed by atoms with Gasteiger partial charge in [-0.1, -0.05) is 19.3 Å². The van der Waals surface area contributed by atoms with Crippen LogP contribution >= 0.6 is 0 Å². The lowest BCUT2D eigenvalue weighted by molar-refractivity contribution is 0.170. The minimum atomic E-state index is 0.224. The summed E-state index contributed by atoms with van der Waals surface area (Å²) in [6, 6.07) is 5.48. The number of fused-ring (bicyclic) bond motifs is 3. The van der Waals surface area contributed by atoms with Crippen molar-refractivity contribution in [2.75, 3.05) is 4.90 Å². The molecule has 3 nitrogen and oxygen atoms in total. The van der Waals surface area contributed by atoms with Crippen LogP contribution in [-0.4, -0.2) is 21.1 Å². The molecule has 2 aliphatic heterocycles. The Labute approximate surface area is 157 Å². The van der Waals surface area contributed by atoms with Gasteiger partial charge in [-0.2, -0.15) is 0 Å². The van der Waals surface area contributed by atoms with Gasteiger partial charge in [-0.05, 0) is 75.6 Å². The zero-order valence-corrected chi connectivity index (χ0v) is 16.7. The molecule has 0 amide bonds.